The zero-order valence-electron chi connectivity index (χ0n) is 18.5. The molecule has 0 aliphatic carbocycles. The number of aryl methyl sites for hydroxylation is 1. The van der Waals surface area contributed by atoms with Gasteiger partial charge in [-0.25, -0.2) is 8.78 Å². The highest BCUT2D eigenvalue weighted by molar-refractivity contribution is 7.14. The van der Waals surface area contributed by atoms with E-state index in [0.717, 1.165) is 57.7 Å². The number of alkyl halides is 2. The first kappa shape index (κ1) is 22.3. The number of carbonyl (C=O) groups excluding carboxylic acids is 1. The van der Waals surface area contributed by atoms with Crippen LogP contribution in [0.2, 0.25) is 0 Å². The van der Waals surface area contributed by atoms with Crippen LogP contribution in [0.3, 0.4) is 0 Å². The first-order valence-corrected chi connectivity index (χ1v) is 12.2. The highest BCUT2D eigenvalue weighted by atomic mass is 32.1. The normalized spacial score (nSPS) is 22.4. The summed E-state index contributed by atoms with van der Waals surface area (Å²) >= 11 is 1.55. The molecule has 1 aromatic carbocycles. The summed E-state index contributed by atoms with van der Waals surface area (Å²) in [5.74, 6) is 0.0798. The molecular formula is C24H27F2N5OS. The van der Waals surface area contributed by atoms with Gasteiger partial charge in [-0.2, -0.15) is 0 Å². The zero-order chi connectivity index (χ0) is 22.9. The molecule has 174 valence electrons. The SMILES string of the molecule is Cc1nnc(-c2ccc3cnc(CC(=O)N4[C@@H]5CC[C@H]4CC(NC(CF)CF)C5)cc3c2)s1. The minimum atomic E-state index is -0.743. The average molecular weight is 472 g/mol. The molecule has 4 heterocycles. The third-order valence-electron chi connectivity index (χ3n) is 6.75. The molecule has 2 aliphatic heterocycles. The molecule has 1 amide bonds. The summed E-state index contributed by atoms with van der Waals surface area (Å²) in [6, 6.07) is 7.65. The van der Waals surface area contributed by atoms with Crippen LogP contribution < -0.4 is 5.32 Å². The van der Waals surface area contributed by atoms with Crippen LogP contribution in [0.1, 0.15) is 36.4 Å². The van der Waals surface area contributed by atoms with Crippen molar-refractivity contribution in [2.75, 3.05) is 13.3 Å². The van der Waals surface area contributed by atoms with Crippen molar-refractivity contribution < 1.29 is 13.6 Å². The van der Waals surface area contributed by atoms with E-state index in [1.807, 2.05) is 36.2 Å². The first-order chi connectivity index (χ1) is 16.0. The molecule has 6 nitrogen and oxygen atoms in total. The van der Waals surface area contributed by atoms with Gasteiger partial charge < -0.3 is 10.2 Å². The number of rotatable bonds is 7. The van der Waals surface area contributed by atoms with E-state index in [9.17, 15) is 13.6 Å². The molecule has 9 heteroatoms. The van der Waals surface area contributed by atoms with Crippen LogP contribution in [-0.2, 0) is 11.2 Å². The van der Waals surface area contributed by atoms with E-state index in [4.69, 9.17) is 0 Å². The molecular weight excluding hydrogens is 444 g/mol. The number of nitrogens with zero attached hydrogens (tertiary/aromatic N) is 4. The third-order valence-corrected chi connectivity index (χ3v) is 7.64. The molecule has 0 saturated carbocycles. The Morgan fingerprint density at radius 3 is 2.58 bits per heavy atom. The number of carbonyl (C=O) groups is 1. The lowest BCUT2D eigenvalue weighted by atomic mass is 9.96. The Morgan fingerprint density at radius 1 is 1.15 bits per heavy atom. The lowest BCUT2D eigenvalue weighted by molar-refractivity contribution is -0.135. The largest absolute Gasteiger partial charge is 0.336 e. The molecule has 2 aliphatic rings. The molecule has 2 aromatic heterocycles. The first-order valence-electron chi connectivity index (χ1n) is 11.4. The highest BCUT2D eigenvalue weighted by Gasteiger charge is 2.43. The summed E-state index contributed by atoms with van der Waals surface area (Å²) in [7, 11) is 0. The van der Waals surface area contributed by atoms with Crippen molar-refractivity contribution in [3.63, 3.8) is 0 Å². The third kappa shape index (κ3) is 4.61. The predicted molar refractivity (Wildman–Crippen MR) is 125 cm³/mol. The lowest BCUT2D eigenvalue weighted by Gasteiger charge is -2.40. The van der Waals surface area contributed by atoms with Crippen molar-refractivity contribution in [3.05, 3.63) is 41.2 Å². The van der Waals surface area contributed by atoms with E-state index in [0.29, 0.717) is 0 Å². The van der Waals surface area contributed by atoms with Crippen LogP contribution >= 0.6 is 11.3 Å². The maximum atomic E-state index is 13.2. The van der Waals surface area contributed by atoms with Crippen LogP contribution in [0.4, 0.5) is 8.78 Å². The summed E-state index contributed by atoms with van der Waals surface area (Å²) in [6.45, 7) is 0.514. The number of halogens is 2. The number of fused-ring (bicyclic) bond motifs is 3. The topological polar surface area (TPSA) is 71.0 Å². The molecule has 5 rings (SSSR count). The van der Waals surface area contributed by atoms with E-state index in [-0.39, 0.29) is 30.5 Å². The Bertz CT molecular complexity index is 1140. The summed E-state index contributed by atoms with van der Waals surface area (Å²) in [5, 5.41) is 15.3. The maximum absolute atomic E-state index is 13.2. The molecule has 3 aromatic rings. The molecule has 2 bridgehead atoms. The second-order valence-electron chi connectivity index (χ2n) is 9.07. The van der Waals surface area contributed by atoms with Crippen LogP contribution in [-0.4, -0.2) is 63.5 Å². The number of nitrogens with one attached hydrogen (secondary N) is 1. The van der Waals surface area contributed by atoms with Crippen LogP contribution in [0.15, 0.2) is 30.5 Å². The summed E-state index contributed by atoms with van der Waals surface area (Å²) in [4.78, 5) is 19.8. The molecule has 2 fully saturated rings. The second-order valence-corrected chi connectivity index (χ2v) is 10.2. The number of amides is 1. The molecule has 3 atom stereocenters. The fraction of sp³-hybridized carbons (Fsp3) is 0.500. The summed E-state index contributed by atoms with van der Waals surface area (Å²) in [6.07, 6.45) is 5.44. The van der Waals surface area contributed by atoms with Crippen LogP contribution in [0, 0.1) is 6.92 Å². The van der Waals surface area contributed by atoms with Gasteiger partial charge in [0.1, 0.15) is 23.4 Å². The number of piperidine rings is 1. The monoisotopic (exact) mass is 471 g/mol. The van der Waals surface area contributed by atoms with E-state index in [2.05, 4.69) is 26.6 Å². The number of pyridine rings is 1. The van der Waals surface area contributed by atoms with Gasteiger partial charge in [-0.1, -0.05) is 23.5 Å². The van der Waals surface area contributed by atoms with Crippen LogP contribution in [0.5, 0.6) is 0 Å². The van der Waals surface area contributed by atoms with E-state index < -0.39 is 19.4 Å². The van der Waals surface area contributed by atoms with Gasteiger partial charge in [0.15, 0.2) is 0 Å². The van der Waals surface area contributed by atoms with Crippen molar-refractivity contribution in [1.29, 1.82) is 0 Å². The molecule has 1 N–H and O–H groups in total. The van der Waals surface area contributed by atoms with Gasteiger partial charge in [0.25, 0.3) is 0 Å². The van der Waals surface area contributed by atoms with E-state index in [1.165, 1.54) is 0 Å². The van der Waals surface area contributed by atoms with Crippen molar-refractivity contribution in [2.24, 2.45) is 0 Å². The van der Waals surface area contributed by atoms with E-state index >= 15 is 0 Å². The van der Waals surface area contributed by atoms with Gasteiger partial charge in [0, 0.05) is 35.3 Å². The number of aromatic nitrogens is 3. The fourth-order valence-corrected chi connectivity index (χ4v) is 5.95. The Morgan fingerprint density at radius 2 is 1.91 bits per heavy atom. The van der Waals surface area contributed by atoms with Crippen molar-refractivity contribution in [1.82, 2.24) is 25.4 Å². The van der Waals surface area contributed by atoms with Crippen molar-refractivity contribution in [3.8, 4) is 10.6 Å². The zero-order valence-corrected chi connectivity index (χ0v) is 19.3. The molecule has 1 unspecified atom stereocenters. The lowest BCUT2D eigenvalue weighted by Crippen LogP contribution is -2.54. The molecule has 0 spiro atoms. The summed E-state index contributed by atoms with van der Waals surface area (Å²) < 4.78 is 25.8. The van der Waals surface area contributed by atoms with Gasteiger partial charge in [-0.15, -0.1) is 10.2 Å². The summed E-state index contributed by atoms with van der Waals surface area (Å²) in [5.41, 5.74) is 1.75. The maximum Gasteiger partial charge on any atom is 0.229 e. The van der Waals surface area contributed by atoms with Gasteiger partial charge >= 0.3 is 0 Å². The standard InChI is InChI=1S/C24H27F2N5OS/c1-14-29-30-24(33-14)15-2-3-16-13-27-18(7-17(16)6-15)10-23(32)31-21-4-5-22(31)9-19(8-21)28-20(11-25)12-26/h2-3,6-7,13,19-22,28H,4-5,8-12H2,1H3/t19?,21-,22+. The number of benzene rings is 1. The number of hydrogen-bond donors (Lipinski definition) is 1. The van der Waals surface area contributed by atoms with Gasteiger partial charge in [-0.05, 0) is 50.1 Å². The Labute approximate surface area is 195 Å². The number of hydrogen-bond acceptors (Lipinski definition) is 6. The molecule has 2 saturated heterocycles. The van der Waals surface area contributed by atoms with Gasteiger partial charge in [0.2, 0.25) is 5.91 Å². The quantitative estimate of drug-likeness (QED) is 0.564. The van der Waals surface area contributed by atoms with Gasteiger partial charge in [0.05, 0.1) is 18.2 Å². The second kappa shape index (κ2) is 9.38. The minimum absolute atomic E-state index is 0.0595. The minimum Gasteiger partial charge on any atom is -0.336 e. The molecule has 0 radical (unpaired) electrons. The average Bonchev–Trinajstić information content (AvgIpc) is 3.37. The fourth-order valence-electron chi connectivity index (χ4n) is 5.26. The smallest absolute Gasteiger partial charge is 0.229 e. The Kier molecular flexibility index (Phi) is 6.34. The predicted octanol–water partition coefficient (Wildman–Crippen LogP) is 4.02. The molecule has 33 heavy (non-hydrogen) atoms. The Balaban J connectivity index is 1.29. The van der Waals surface area contributed by atoms with Crippen molar-refractivity contribution >= 4 is 28.0 Å². The van der Waals surface area contributed by atoms with Crippen LogP contribution in [0.25, 0.3) is 21.3 Å². The van der Waals surface area contributed by atoms with Crippen molar-refractivity contribution in [2.45, 2.75) is 63.2 Å². The van der Waals surface area contributed by atoms with E-state index in [1.54, 1.807) is 11.3 Å². The Hall–Kier alpha value is -2.52. The van der Waals surface area contributed by atoms with Gasteiger partial charge in [-0.3, -0.25) is 9.78 Å². The highest BCUT2D eigenvalue weighted by Crippen LogP contribution is 2.36.